The van der Waals surface area contributed by atoms with Gasteiger partial charge in [-0.3, -0.25) is 9.59 Å². The zero-order chi connectivity index (χ0) is 18.7. The molecule has 0 heterocycles. The number of carbonyl (C=O) groups is 2. The first kappa shape index (κ1) is 18.0. The monoisotopic (exact) mass is 356 g/mol. The van der Waals surface area contributed by atoms with Gasteiger partial charge in [-0.05, 0) is 48.8 Å². The first-order valence-electron chi connectivity index (χ1n) is 8.42. The molecular formula is C21H18F2O3. The molecule has 26 heavy (non-hydrogen) atoms. The third-order valence-electron chi connectivity index (χ3n) is 4.50. The fourth-order valence-electron chi connectivity index (χ4n) is 3.34. The SMILES string of the molecule is CCOC(=O)[C@H]1C(=O)C=C(c2ccccc2F)C[C@H]1c1cccc(F)c1. The number of benzene rings is 2. The molecule has 134 valence electrons. The van der Waals surface area contributed by atoms with Crippen molar-refractivity contribution >= 4 is 17.3 Å². The summed E-state index contributed by atoms with van der Waals surface area (Å²) in [5.41, 5.74) is 1.31. The summed E-state index contributed by atoms with van der Waals surface area (Å²) in [5.74, 6) is -3.68. The number of hydrogen-bond donors (Lipinski definition) is 0. The lowest BCUT2D eigenvalue weighted by Crippen LogP contribution is -2.34. The number of esters is 1. The van der Waals surface area contributed by atoms with Crippen LogP contribution in [0.5, 0.6) is 0 Å². The van der Waals surface area contributed by atoms with Crippen LogP contribution in [0, 0.1) is 17.6 Å². The highest BCUT2D eigenvalue weighted by Gasteiger charge is 2.40. The van der Waals surface area contributed by atoms with Gasteiger partial charge in [-0.15, -0.1) is 0 Å². The van der Waals surface area contributed by atoms with E-state index in [1.165, 1.54) is 30.3 Å². The molecule has 0 amide bonds. The Kier molecular flexibility index (Phi) is 5.26. The van der Waals surface area contributed by atoms with E-state index in [9.17, 15) is 18.4 Å². The molecule has 3 rings (SSSR count). The Hall–Kier alpha value is -2.82. The largest absolute Gasteiger partial charge is 0.465 e. The van der Waals surface area contributed by atoms with Crippen LogP contribution in [0.1, 0.15) is 30.4 Å². The summed E-state index contributed by atoms with van der Waals surface area (Å²) in [6, 6.07) is 11.9. The van der Waals surface area contributed by atoms with Gasteiger partial charge in [0.15, 0.2) is 5.78 Å². The summed E-state index contributed by atoms with van der Waals surface area (Å²) >= 11 is 0. The van der Waals surface area contributed by atoms with E-state index in [1.54, 1.807) is 31.2 Å². The van der Waals surface area contributed by atoms with Gasteiger partial charge in [0.05, 0.1) is 6.61 Å². The van der Waals surface area contributed by atoms with Gasteiger partial charge in [-0.2, -0.15) is 0 Å². The lowest BCUT2D eigenvalue weighted by Gasteiger charge is -2.29. The average Bonchev–Trinajstić information content (AvgIpc) is 2.61. The lowest BCUT2D eigenvalue weighted by molar-refractivity contribution is -0.151. The van der Waals surface area contributed by atoms with E-state index < -0.39 is 35.2 Å². The highest BCUT2D eigenvalue weighted by atomic mass is 19.1. The van der Waals surface area contributed by atoms with E-state index in [2.05, 4.69) is 0 Å². The zero-order valence-corrected chi connectivity index (χ0v) is 14.2. The quantitative estimate of drug-likeness (QED) is 0.606. The summed E-state index contributed by atoms with van der Waals surface area (Å²) < 4.78 is 32.9. The van der Waals surface area contributed by atoms with Gasteiger partial charge < -0.3 is 4.74 Å². The predicted octanol–water partition coefficient (Wildman–Crippen LogP) is 4.28. The molecule has 0 radical (unpaired) electrons. The number of hydrogen-bond acceptors (Lipinski definition) is 3. The van der Waals surface area contributed by atoms with Crippen LogP contribution in [0.25, 0.3) is 5.57 Å². The summed E-state index contributed by atoms with van der Waals surface area (Å²) in [4.78, 5) is 25.0. The van der Waals surface area contributed by atoms with E-state index in [1.807, 2.05) is 0 Å². The number of ketones is 1. The minimum atomic E-state index is -1.06. The Balaban J connectivity index is 2.06. The average molecular weight is 356 g/mol. The smallest absolute Gasteiger partial charge is 0.317 e. The van der Waals surface area contributed by atoms with Crippen LogP contribution >= 0.6 is 0 Å². The van der Waals surface area contributed by atoms with Crippen molar-refractivity contribution in [1.29, 1.82) is 0 Å². The summed E-state index contributed by atoms with van der Waals surface area (Å²) in [6.07, 6.45) is 1.54. The van der Waals surface area contributed by atoms with E-state index in [0.717, 1.165) is 0 Å². The third-order valence-corrected chi connectivity index (χ3v) is 4.50. The molecular weight excluding hydrogens is 338 g/mol. The first-order chi connectivity index (χ1) is 12.5. The summed E-state index contributed by atoms with van der Waals surface area (Å²) in [6.45, 7) is 1.80. The van der Waals surface area contributed by atoms with Crippen LogP contribution in [0.3, 0.4) is 0 Å². The van der Waals surface area contributed by atoms with E-state index in [0.29, 0.717) is 16.7 Å². The van der Waals surface area contributed by atoms with Crippen LogP contribution in [0.2, 0.25) is 0 Å². The Labute approximate surface area is 150 Å². The molecule has 0 aliphatic heterocycles. The van der Waals surface area contributed by atoms with Gasteiger partial charge in [0.25, 0.3) is 0 Å². The van der Waals surface area contributed by atoms with Gasteiger partial charge in [-0.25, -0.2) is 8.78 Å². The molecule has 0 fully saturated rings. The summed E-state index contributed by atoms with van der Waals surface area (Å²) in [5, 5.41) is 0. The van der Waals surface area contributed by atoms with E-state index in [4.69, 9.17) is 4.74 Å². The van der Waals surface area contributed by atoms with Gasteiger partial charge in [0, 0.05) is 11.5 Å². The van der Waals surface area contributed by atoms with Gasteiger partial charge in [0.1, 0.15) is 17.6 Å². The van der Waals surface area contributed by atoms with Gasteiger partial charge in [0.2, 0.25) is 0 Å². The molecule has 2 aromatic rings. The molecule has 0 N–H and O–H groups in total. The predicted molar refractivity (Wildman–Crippen MR) is 93.3 cm³/mol. The Bertz CT molecular complexity index is 873. The van der Waals surface area contributed by atoms with Crippen LogP contribution < -0.4 is 0 Å². The highest BCUT2D eigenvalue weighted by molar-refractivity contribution is 6.10. The topological polar surface area (TPSA) is 43.4 Å². The number of carbonyl (C=O) groups excluding carboxylic acids is 2. The van der Waals surface area contributed by atoms with Crippen molar-refractivity contribution < 1.29 is 23.1 Å². The molecule has 0 bridgehead atoms. The van der Waals surface area contributed by atoms with Crippen LogP contribution in [-0.2, 0) is 14.3 Å². The van der Waals surface area contributed by atoms with Crippen molar-refractivity contribution in [2.24, 2.45) is 5.92 Å². The zero-order valence-electron chi connectivity index (χ0n) is 14.2. The second-order valence-corrected chi connectivity index (χ2v) is 6.15. The maximum Gasteiger partial charge on any atom is 0.317 e. The van der Waals surface area contributed by atoms with Crippen LogP contribution in [-0.4, -0.2) is 18.4 Å². The van der Waals surface area contributed by atoms with Gasteiger partial charge in [-0.1, -0.05) is 30.3 Å². The molecule has 2 aromatic carbocycles. The molecule has 5 heteroatoms. The Morgan fingerprint density at radius 2 is 1.92 bits per heavy atom. The molecule has 0 saturated carbocycles. The molecule has 1 aliphatic rings. The van der Waals surface area contributed by atoms with E-state index in [-0.39, 0.29) is 13.0 Å². The standard InChI is InChI=1S/C21H18F2O3/c1-2-26-21(25)20-17(13-6-5-7-15(22)10-13)11-14(12-19(20)24)16-8-3-4-9-18(16)23/h3-10,12,17,20H,2,11H2,1H3/t17-,20+/m0/s1. The molecule has 0 saturated heterocycles. The van der Waals surface area contributed by atoms with Crippen molar-refractivity contribution in [3.63, 3.8) is 0 Å². The minimum absolute atomic E-state index is 0.141. The molecule has 0 aromatic heterocycles. The van der Waals surface area contributed by atoms with Gasteiger partial charge >= 0.3 is 5.97 Å². The van der Waals surface area contributed by atoms with Crippen molar-refractivity contribution in [3.8, 4) is 0 Å². The number of halogens is 2. The van der Waals surface area contributed by atoms with E-state index >= 15 is 0 Å². The Morgan fingerprint density at radius 1 is 1.15 bits per heavy atom. The number of rotatable bonds is 4. The normalized spacial score (nSPS) is 19.8. The summed E-state index contributed by atoms with van der Waals surface area (Å²) in [7, 11) is 0. The van der Waals surface area contributed by atoms with Crippen molar-refractivity contribution in [3.05, 3.63) is 77.4 Å². The second kappa shape index (κ2) is 7.60. The molecule has 0 unspecified atom stereocenters. The maximum atomic E-state index is 14.2. The number of ether oxygens (including phenoxy) is 1. The third kappa shape index (κ3) is 3.57. The van der Waals surface area contributed by atoms with Crippen molar-refractivity contribution in [1.82, 2.24) is 0 Å². The number of allylic oxidation sites excluding steroid dienone is 2. The molecule has 0 spiro atoms. The Morgan fingerprint density at radius 3 is 2.62 bits per heavy atom. The lowest BCUT2D eigenvalue weighted by atomic mass is 9.73. The fourth-order valence-corrected chi connectivity index (χ4v) is 3.34. The van der Waals surface area contributed by atoms with Crippen LogP contribution in [0.4, 0.5) is 8.78 Å². The first-order valence-corrected chi connectivity index (χ1v) is 8.42. The fraction of sp³-hybridized carbons (Fsp3) is 0.238. The second-order valence-electron chi connectivity index (χ2n) is 6.15. The van der Waals surface area contributed by atoms with Crippen molar-refractivity contribution in [2.75, 3.05) is 6.61 Å². The van der Waals surface area contributed by atoms with Crippen LogP contribution in [0.15, 0.2) is 54.6 Å². The van der Waals surface area contributed by atoms with Crippen molar-refractivity contribution in [2.45, 2.75) is 19.3 Å². The molecule has 3 nitrogen and oxygen atoms in total. The molecule has 1 aliphatic carbocycles. The molecule has 2 atom stereocenters. The minimum Gasteiger partial charge on any atom is -0.465 e. The maximum absolute atomic E-state index is 14.2. The highest BCUT2D eigenvalue weighted by Crippen LogP contribution is 2.40.